The molecule has 0 fully saturated rings. The SMILES string of the molecule is CCNCc1cc(F)cnc1N(C)C(CC)CC. The standard InChI is InChI=1S/C14H24FN3/c1-5-13(6-2)18(4)14-11(9-16-7-3)8-12(15)10-17-14/h8,10,13,16H,5-7,9H2,1-4H3. The molecule has 0 saturated heterocycles. The van der Waals surface area contributed by atoms with Crippen LogP contribution < -0.4 is 10.2 Å². The minimum atomic E-state index is -0.274. The first-order valence-corrected chi connectivity index (χ1v) is 6.71. The average Bonchev–Trinajstić information content (AvgIpc) is 2.37. The molecule has 1 rings (SSSR count). The number of anilines is 1. The summed E-state index contributed by atoms with van der Waals surface area (Å²) >= 11 is 0. The van der Waals surface area contributed by atoms with Crippen molar-refractivity contribution in [1.29, 1.82) is 0 Å². The maximum absolute atomic E-state index is 13.3. The fourth-order valence-corrected chi connectivity index (χ4v) is 2.19. The van der Waals surface area contributed by atoms with Crippen LogP contribution in [0.2, 0.25) is 0 Å². The first-order chi connectivity index (χ1) is 8.63. The van der Waals surface area contributed by atoms with Gasteiger partial charge in [0.15, 0.2) is 0 Å². The van der Waals surface area contributed by atoms with E-state index < -0.39 is 0 Å². The van der Waals surface area contributed by atoms with Crippen LogP contribution in [0.15, 0.2) is 12.3 Å². The van der Waals surface area contributed by atoms with Crippen LogP contribution in [-0.2, 0) is 6.54 Å². The molecule has 0 radical (unpaired) electrons. The third-order valence-electron chi connectivity index (χ3n) is 3.30. The molecule has 0 aliphatic carbocycles. The molecule has 0 aliphatic heterocycles. The Hall–Kier alpha value is -1.16. The van der Waals surface area contributed by atoms with Gasteiger partial charge in [-0.1, -0.05) is 20.8 Å². The van der Waals surface area contributed by atoms with Crippen molar-refractivity contribution in [2.75, 3.05) is 18.5 Å². The highest BCUT2D eigenvalue weighted by Crippen LogP contribution is 2.21. The summed E-state index contributed by atoms with van der Waals surface area (Å²) in [5, 5.41) is 3.23. The molecule has 0 atom stereocenters. The molecule has 4 heteroatoms. The summed E-state index contributed by atoms with van der Waals surface area (Å²) in [6.45, 7) is 7.89. The lowest BCUT2D eigenvalue weighted by atomic mass is 10.1. The lowest BCUT2D eigenvalue weighted by Gasteiger charge is -2.29. The molecule has 1 N–H and O–H groups in total. The maximum atomic E-state index is 13.3. The summed E-state index contributed by atoms with van der Waals surface area (Å²) in [7, 11) is 2.04. The third-order valence-corrected chi connectivity index (χ3v) is 3.30. The van der Waals surface area contributed by atoms with Gasteiger partial charge in [0.2, 0.25) is 0 Å². The predicted molar refractivity (Wildman–Crippen MR) is 74.3 cm³/mol. The second-order valence-electron chi connectivity index (χ2n) is 4.50. The van der Waals surface area contributed by atoms with E-state index in [4.69, 9.17) is 0 Å². The van der Waals surface area contributed by atoms with E-state index in [2.05, 4.69) is 29.0 Å². The molecular weight excluding hydrogens is 229 g/mol. The molecule has 0 spiro atoms. The highest BCUT2D eigenvalue weighted by molar-refractivity contribution is 5.47. The van der Waals surface area contributed by atoms with Crippen LogP contribution in [0.5, 0.6) is 0 Å². The van der Waals surface area contributed by atoms with Crippen molar-refractivity contribution in [1.82, 2.24) is 10.3 Å². The maximum Gasteiger partial charge on any atom is 0.141 e. The zero-order chi connectivity index (χ0) is 13.5. The average molecular weight is 253 g/mol. The number of hydrogen-bond acceptors (Lipinski definition) is 3. The van der Waals surface area contributed by atoms with Crippen LogP contribution >= 0.6 is 0 Å². The predicted octanol–water partition coefficient (Wildman–Crippen LogP) is 2.96. The summed E-state index contributed by atoms with van der Waals surface area (Å²) in [4.78, 5) is 6.42. The van der Waals surface area contributed by atoms with Gasteiger partial charge in [-0.05, 0) is 25.5 Å². The molecule has 1 aromatic rings. The molecule has 0 unspecified atom stereocenters. The van der Waals surface area contributed by atoms with Gasteiger partial charge in [0.25, 0.3) is 0 Å². The summed E-state index contributed by atoms with van der Waals surface area (Å²) in [5.41, 5.74) is 0.922. The molecule has 0 saturated carbocycles. The number of hydrogen-bond donors (Lipinski definition) is 1. The number of aromatic nitrogens is 1. The summed E-state index contributed by atoms with van der Waals surface area (Å²) in [5.74, 6) is 0.607. The molecular formula is C14H24FN3. The molecule has 1 heterocycles. The van der Waals surface area contributed by atoms with Crippen LogP contribution in [0, 0.1) is 5.82 Å². The Morgan fingerprint density at radius 3 is 2.56 bits per heavy atom. The van der Waals surface area contributed by atoms with Crippen molar-refractivity contribution in [3.8, 4) is 0 Å². The molecule has 18 heavy (non-hydrogen) atoms. The number of pyridine rings is 1. The van der Waals surface area contributed by atoms with E-state index in [-0.39, 0.29) is 5.82 Å². The Kier molecular flexibility index (Phi) is 6.05. The van der Waals surface area contributed by atoms with Crippen molar-refractivity contribution >= 4 is 5.82 Å². The second-order valence-corrected chi connectivity index (χ2v) is 4.50. The Balaban J connectivity index is 2.98. The van der Waals surface area contributed by atoms with Crippen LogP contribution in [0.25, 0.3) is 0 Å². The van der Waals surface area contributed by atoms with Gasteiger partial charge in [-0.25, -0.2) is 9.37 Å². The fraction of sp³-hybridized carbons (Fsp3) is 0.643. The molecule has 0 aromatic carbocycles. The number of nitrogens with one attached hydrogen (secondary N) is 1. The molecule has 102 valence electrons. The van der Waals surface area contributed by atoms with Gasteiger partial charge in [0.1, 0.15) is 11.6 Å². The van der Waals surface area contributed by atoms with E-state index >= 15 is 0 Å². The van der Waals surface area contributed by atoms with Gasteiger partial charge in [-0.15, -0.1) is 0 Å². The van der Waals surface area contributed by atoms with E-state index in [1.54, 1.807) is 6.07 Å². The third kappa shape index (κ3) is 3.67. The monoisotopic (exact) mass is 253 g/mol. The molecule has 3 nitrogen and oxygen atoms in total. The van der Waals surface area contributed by atoms with Gasteiger partial charge in [-0.3, -0.25) is 0 Å². The van der Waals surface area contributed by atoms with Gasteiger partial charge in [-0.2, -0.15) is 0 Å². The Morgan fingerprint density at radius 2 is 2.00 bits per heavy atom. The lowest BCUT2D eigenvalue weighted by molar-refractivity contribution is 0.575. The van der Waals surface area contributed by atoms with Gasteiger partial charge in [0, 0.05) is 25.2 Å². The molecule has 0 bridgehead atoms. The van der Waals surface area contributed by atoms with Crippen LogP contribution in [0.1, 0.15) is 39.2 Å². The zero-order valence-electron chi connectivity index (χ0n) is 11.8. The summed E-state index contributed by atoms with van der Waals surface area (Å²) in [6, 6.07) is 2.02. The van der Waals surface area contributed by atoms with Gasteiger partial charge >= 0.3 is 0 Å². The minimum Gasteiger partial charge on any atom is -0.356 e. The topological polar surface area (TPSA) is 28.2 Å². The van der Waals surface area contributed by atoms with E-state index in [0.717, 1.165) is 30.8 Å². The van der Waals surface area contributed by atoms with Crippen molar-refractivity contribution in [2.45, 2.75) is 46.2 Å². The summed E-state index contributed by atoms with van der Waals surface area (Å²) < 4.78 is 13.3. The van der Waals surface area contributed by atoms with Gasteiger partial charge in [0.05, 0.1) is 6.20 Å². The van der Waals surface area contributed by atoms with Gasteiger partial charge < -0.3 is 10.2 Å². The van der Waals surface area contributed by atoms with Crippen molar-refractivity contribution in [3.63, 3.8) is 0 Å². The van der Waals surface area contributed by atoms with E-state index in [1.807, 2.05) is 14.0 Å². The highest BCUT2D eigenvalue weighted by atomic mass is 19.1. The van der Waals surface area contributed by atoms with E-state index in [9.17, 15) is 4.39 Å². The van der Waals surface area contributed by atoms with Crippen LogP contribution in [0.4, 0.5) is 10.2 Å². The second kappa shape index (κ2) is 7.31. The fourth-order valence-electron chi connectivity index (χ4n) is 2.19. The van der Waals surface area contributed by atoms with Crippen molar-refractivity contribution in [3.05, 3.63) is 23.6 Å². The normalized spacial score (nSPS) is 11.0. The van der Waals surface area contributed by atoms with E-state index in [0.29, 0.717) is 12.6 Å². The molecule has 0 aliphatic rings. The first kappa shape index (κ1) is 14.9. The largest absolute Gasteiger partial charge is 0.356 e. The van der Waals surface area contributed by atoms with Crippen LogP contribution in [0.3, 0.4) is 0 Å². The molecule has 1 aromatic heterocycles. The number of halogens is 1. The number of nitrogens with zero attached hydrogens (tertiary/aromatic N) is 2. The Labute approximate surface area is 109 Å². The minimum absolute atomic E-state index is 0.274. The highest BCUT2D eigenvalue weighted by Gasteiger charge is 2.16. The first-order valence-electron chi connectivity index (χ1n) is 6.71. The zero-order valence-corrected chi connectivity index (χ0v) is 11.8. The number of rotatable bonds is 7. The van der Waals surface area contributed by atoms with Crippen molar-refractivity contribution < 1.29 is 4.39 Å². The molecule has 0 amide bonds. The lowest BCUT2D eigenvalue weighted by Crippen LogP contribution is -2.32. The Bertz CT molecular complexity index is 364. The Morgan fingerprint density at radius 1 is 1.33 bits per heavy atom. The van der Waals surface area contributed by atoms with Crippen molar-refractivity contribution in [2.24, 2.45) is 0 Å². The quantitative estimate of drug-likeness (QED) is 0.809. The van der Waals surface area contributed by atoms with Crippen LogP contribution in [-0.4, -0.2) is 24.6 Å². The summed E-state index contributed by atoms with van der Waals surface area (Å²) in [6.07, 6.45) is 3.42. The smallest absolute Gasteiger partial charge is 0.141 e. The van der Waals surface area contributed by atoms with E-state index in [1.165, 1.54) is 6.20 Å².